The van der Waals surface area contributed by atoms with Crippen LogP contribution in [0.15, 0.2) is 5.38 Å². The average molecular weight is 311 g/mol. The van der Waals surface area contributed by atoms with Crippen LogP contribution in [-0.4, -0.2) is 31.1 Å². The Kier molecular flexibility index (Phi) is 4.98. The number of aromatic nitrogens is 1. The zero-order valence-electron chi connectivity index (χ0n) is 12.7. The van der Waals surface area contributed by atoms with Crippen LogP contribution in [0.5, 0.6) is 0 Å². The SMILES string of the molecule is COC(=O)C(Cc1csc(C)n1)(C(=O)OC)C1CCCC1. The van der Waals surface area contributed by atoms with Crippen molar-refractivity contribution in [3.63, 3.8) is 0 Å². The highest BCUT2D eigenvalue weighted by Crippen LogP contribution is 2.44. The van der Waals surface area contributed by atoms with Crippen LogP contribution in [0, 0.1) is 18.3 Å². The largest absolute Gasteiger partial charge is 0.468 e. The van der Waals surface area contributed by atoms with Crippen LogP contribution in [0.1, 0.15) is 36.4 Å². The molecule has 6 heteroatoms. The molecule has 1 aromatic rings. The molecule has 1 saturated carbocycles. The summed E-state index contributed by atoms with van der Waals surface area (Å²) in [4.78, 5) is 29.4. The van der Waals surface area contributed by atoms with E-state index >= 15 is 0 Å². The van der Waals surface area contributed by atoms with Crippen LogP contribution in [0.4, 0.5) is 0 Å². The smallest absolute Gasteiger partial charge is 0.323 e. The Labute approximate surface area is 128 Å². The molecular formula is C15H21NO4S. The fraction of sp³-hybridized carbons (Fsp3) is 0.667. The molecule has 5 nitrogen and oxygen atoms in total. The standard InChI is InChI=1S/C15H21NO4S/c1-10-16-12(9-21-10)8-15(13(17)19-2,14(18)20-3)11-6-4-5-7-11/h9,11H,4-8H2,1-3H3. The third kappa shape index (κ3) is 2.95. The molecule has 1 aromatic heterocycles. The van der Waals surface area contributed by atoms with Crippen molar-refractivity contribution in [3.8, 4) is 0 Å². The lowest BCUT2D eigenvalue weighted by molar-refractivity contribution is -0.174. The van der Waals surface area contributed by atoms with Gasteiger partial charge in [0.2, 0.25) is 0 Å². The molecule has 1 aliphatic rings. The molecule has 1 aliphatic carbocycles. The topological polar surface area (TPSA) is 65.5 Å². The van der Waals surface area contributed by atoms with E-state index in [2.05, 4.69) is 4.98 Å². The summed E-state index contributed by atoms with van der Waals surface area (Å²) in [6, 6.07) is 0. The minimum absolute atomic E-state index is 0.0422. The number of thiazole rings is 1. The van der Waals surface area contributed by atoms with Gasteiger partial charge in [0.1, 0.15) is 0 Å². The zero-order chi connectivity index (χ0) is 15.5. The highest BCUT2D eigenvalue weighted by molar-refractivity contribution is 7.09. The first-order valence-corrected chi connectivity index (χ1v) is 8.00. The Morgan fingerprint density at radius 1 is 1.29 bits per heavy atom. The normalized spacial score (nSPS) is 16.0. The first-order chi connectivity index (χ1) is 10.0. The number of ether oxygens (including phenoxy) is 2. The van der Waals surface area contributed by atoms with Gasteiger partial charge in [-0.1, -0.05) is 12.8 Å². The molecule has 0 atom stereocenters. The van der Waals surface area contributed by atoms with E-state index in [1.165, 1.54) is 25.6 Å². The van der Waals surface area contributed by atoms with E-state index in [1.54, 1.807) is 0 Å². The zero-order valence-corrected chi connectivity index (χ0v) is 13.5. The average Bonchev–Trinajstić information content (AvgIpc) is 3.14. The van der Waals surface area contributed by atoms with Gasteiger partial charge < -0.3 is 9.47 Å². The summed E-state index contributed by atoms with van der Waals surface area (Å²) in [5.74, 6) is -1.06. The van der Waals surface area contributed by atoms with Gasteiger partial charge >= 0.3 is 11.9 Å². The molecule has 0 unspecified atom stereocenters. The van der Waals surface area contributed by atoms with Crippen LogP contribution < -0.4 is 0 Å². The van der Waals surface area contributed by atoms with Gasteiger partial charge in [-0.15, -0.1) is 11.3 Å². The van der Waals surface area contributed by atoms with Gasteiger partial charge in [-0.05, 0) is 25.7 Å². The summed E-state index contributed by atoms with van der Waals surface area (Å²) < 4.78 is 9.93. The molecule has 0 aliphatic heterocycles. The fourth-order valence-corrected chi connectivity index (χ4v) is 3.88. The van der Waals surface area contributed by atoms with E-state index in [1.807, 2.05) is 12.3 Å². The van der Waals surface area contributed by atoms with Gasteiger partial charge in [0.15, 0.2) is 5.41 Å². The number of hydrogen-bond acceptors (Lipinski definition) is 6. The number of rotatable bonds is 5. The van der Waals surface area contributed by atoms with E-state index in [4.69, 9.17) is 9.47 Å². The Morgan fingerprint density at radius 3 is 2.29 bits per heavy atom. The van der Waals surface area contributed by atoms with Gasteiger partial charge in [-0.3, -0.25) is 9.59 Å². The number of methoxy groups -OCH3 is 2. The van der Waals surface area contributed by atoms with Gasteiger partial charge in [0, 0.05) is 11.8 Å². The molecule has 2 rings (SSSR count). The fourth-order valence-electron chi connectivity index (χ4n) is 3.26. The quantitative estimate of drug-likeness (QED) is 0.617. The lowest BCUT2D eigenvalue weighted by Gasteiger charge is -2.33. The molecule has 0 spiro atoms. The highest BCUT2D eigenvalue weighted by atomic mass is 32.1. The van der Waals surface area contributed by atoms with Gasteiger partial charge in [-0.2, -0.15) is 0 Å². The van der Waals surface area contributed by atoms with E-state index < -0.39 is 17.4 Å². The summed E-state index contributed by atoms with van der Waals surface area (Å²) in [6.45, 7) is 1.90. The van der Waals surface area contributed by atoms with E-state index in [0.29, 0.717) is 0 Å². The Morgan fingerprint density at radius 2 is 1.86 bits per heavy atom. The molecule has 1 heterocycles. The first-order valence-electron chi connectivity index (χ1n) is 7.12. The third-order valence-electron chi connectivity index (χ3n) is 4.28. The highest BCUT2D eigenvalue weighted by Gasteiger charge is 2.55. The summed E-state index contributed by atoms with van der Waals surface area (Å²) in [5, 5.41) is 2.81. The van der Waals surface area contributed by atoms with Gasteiger partial charge in [-0.25, -0.2) is 4.98 Å². The van der Waals surface area contributed by atoms with Crippen molar-refractivity contribution < 1.29 is 19.1 Å². The molecule has 0 saturated heterocycles. The van der Waals surface area contributed by atoms with Crippen LogP contribution in [0.2, 0.25) is 0 Å². The third-order valence-corrected chi connectivity index (χ3v) is 5.10. The van der Waals surface area contributed by atoms with Crippen LogP contribution in [-0.2, 0) is 25.5 Å². The van der Waals surface area contributed by atoms with Crippen LogP contribution in [0.3, 0.4) is 0 Å². The molecule has 0 radical (unpaired) electrons. The van der Waals surface area contributed by atoms with Crippen molar-refractivity contribution in [2.75, 3.05) is 14.2 Å². The minimum atomic E-state index is -1.26. The number of carbonyl (C=O) groups excluding carboxylic acids is 2. The van der Waals surface area contributed by atoms with Crippen molar-refractivity contribution >= 4 is 23.3 Å². The molecule has 1 fully saturated rings. The van der Waals surface area contributed by atoms with Gasteiger partial charge in [0.25, 0.3) is 0 Å². The minimum Gasteiger partial charge on any atom is -0.468 e. The van der Waals surface area contributed by atoms with Crippen molar-refractivity contribution in [2.24, 2.45) is 11.3 Å². The second-order valence-electron chi connectivity index (χ2n) is 5.47. The number of carbonyl (C=O) groups is 2. The van der Waals surface area contributed by atoms with E-state index in [-0.39, 0.29) is 12.3 Å². The molecule has 116 valence electrons. The van der Waals surface area contributed by atoms with E-state index in [9.17, 15) is 9.59 Å². The Balaban J connectivity index is 2.43. The molecule has 0 amide bonds. The van der Waals surface area contributed by atoms with Crippen molar-refractivity contribution in [2.45, 2.75) is 39.0 Å². The van der Waals surface area contributed by atoms with Crippen molar-refractivity contribution in [1.82, 2.24) is 4.98 Å². The lowest BCUT2D eigenvalue weighted by atomic mass is 9.71. The predicted octanol–water partition coefficient (Wildman–Crippen LogP) is 2.52. The number of hydrogen-bond donors (Lipinski definition) is 0. The lowest BCUT2D eigenvalue weighted by Crippen LogP contribution is -2.48. The number of esters is 2. The van der Waals surface area contributed by atoms with Crippen LogP contribution >= 0.6 is 11.3 Å². The number of aryl methyl sites for hydroxylation is 1. The number of nitrogens with zero attached hydrogens (tertiary/aromatic N) is 1. The molecule has 0 aromatic carbocycles. The summed E-state index contributed by atoms with van der Waals surface area (Å²) in [6.07, 6.45) is 3.98. The summed E-state index contributed by atoms with van der Waals surface area (Å²) in [5.41, 5.74) is -0.513. The second kappa shape index (κ2) is 6.56. The predicted molar refractivity (Wildman–Crippen MR) is 79.0 cm³/mol. The summed E-state index contributed by atoms with van der Waals surface area (Å²) in [7, 11) is 2.64. The molecule has 21 heavy (non-hydrogen) atoms. The summed E-state index contributed by atoms with van der Waals surface area (Å²) >= 11 is 1.51. The van der Waals surface area contributed by atoms with Crippen molar-refractivity contribution in [1.29, 1.82) is 0 Å². The maximum absolute atomic E-state index is 12.5. The van der Waals surface area contributed by atoms with Crippen LogP contribution in [0.25, 0.3) is 0 Å². The molecule has 0 bridgehead atoms. The monoisotopic (exact) mass is 311 g/mol. The first kappa shape index (κ1) is 15.9. The van der Waals surface area contributed by atoms with Crippen molar-refractivity contribution in [3.05, 3.63) is 16.1 Å². The second-order valence-corrected chi connectivity index (χ2v) is 6.53. The Bertz CT molecular complexity index is 503. The molecule has 0 N–H and O–H groups in total. The van der Waals surface area contributed by atoms with Gasteiger partial charge in [0.05, 0.1) is 24.9 Å². The van der Waals surface area contributed by atoms with E-state index in [0.717, 1.165) is 36.4 Å². The Hall–Kier alpha value is -1.43. The maximum atomic E-state index is 12.5. The molecular weight excluding hydrogens is 290 g/mol. The maximum Gasteiger partial charge on any atom is 0.323 e.